The molecule has 0 atom stereocenters. The number of amides is 1. The number of hydrogen-bond donors (Lipinski definition) is 1. The van der Waals surface area contributed by atoms with E-state index in [0.717, 1.165) is 39.0 Å². The molecule has 2 aliphatic heterocycles. The molecule has 2 heterocycles. The Balaban J connectivity index is 1.59. The fourth-order valence-corrected chi connectivity index (χ4v) is 3.82. The molecule has 2 fully saturated rings. The lowest BCUT2D eigenvalue weighted by atomic mass is 10.1. The third-order valence-corrected chi connectivity index (χ3v) is 5.05. The lowest BCUT2D eigenvalue weighted by molar-refractivity contribution is 0.0198. The predicted octanol–water partition coefficient (Wildman–Crippen LogP) is 2.02. The van der Waals surface area contributed by atoms with Crippen LogP contribution in [-0.2, 0) is 4.74 Å². The predicted molar refractivity (Wildman–Crippen MR) is 92.6 cm³/mol. The first-order chi connectivity index (χ1) is 10.4. The quantitative estimate of drug-likeness (QED) is 0.855. The van der Waals surface area contributed by atoms with Gasteiger partial charge in [0.2, 0.25) is 0 Å². The van der Waals surface area contributed by atoms with E-state index in [1.165, 1.54) is 24.6 Å². The Hall–Kier alpha value is -0.460. The van der Waals surface area contributed by atoms with Crippen molar-refractivity contribution in [3.05, 3.63) is 0 Å². The van der Waals surface area contributed by atoms with Crippen molar-refractivity contribution in [3.63, 3.8) is 0 Å². The van der Waals surface area contributed by atoms with Crippen molar-refractivity contribution in [2.24, 2.45) is 0 Å². The van der Waals surface area contributed by atoms with Crippen LogP contribution in [0.5, 0.6) is 0 Å². The normalized spacial score (nSPS) is 21.9. The zero-order chi connectivity index (χ0) is 16.0. The van der Waals surface area contributed by atoms with Crippen molar-refractivity contribution in [2.45, 2.75) is 45.3 Å². The molecular formula is C16H31N3O2S. The zero-order valence-electron chi connectivity index (χ0n) is 14.3. The van der Waals surface area contributed by atoms with Crippen LogP contribution in [0.2, 0.25) is 0 Å². The second kappa shape index (κ2) is 8.41. The minimum atomic E-state index is -0.404. The molecule has 0 unspecified atom stereocenters. The summed E-state index contributed by atoms with van der Waals surface area (Å²) in [6.45, 7) is 12.0. The van der Waals surface area contributed by atoms with Gasteiger partial charge in [0.05, 0.1) is 0 Å². The Labute approximate surface area is 139 Å². The first-order valence-electron chi connectivity index (χ1n) is 8.45. The maximum atomic E-state index is 12.0. The molecule has 0 aromatic carbocycles. The van der Waals surface area contributed by atoms with E-state index in [1.807, 2.05) is 25.7 Å². The zero-order valence-corrected chi connectivity index (χ0v) is 15.1. The number of nitrogens with one attached hydrogen (secondary N) is 1. The van der Waals surface area contributed by atoms with Gasteiger partial charge < -0.3 is 19.9 Å². The summed E-state index contributed by atoms with van der Waals surface area (Å²) in [6.07, 6.45) is 1.88. The number of ether oxygens (including phenoxy) is 1. The molecule has 5 nitrogen and oxygen atoms in total. The van der Waals surface area contributed by atoms with Crippen molar-refractivity contribution in [1.82, 2.24) is 15.1 Å². The summed E-state index contributed by atoms with van der Waals surface area (Å²) in [4.78, 5) is 16.4. The summed E-state index contributed by atoms with van der Waals surface area (Å²) in [5.41, 5.74) is -0.404. The highest BCUT2D eigenvalue weighted by atomic mass is 32.2. The smallest absolute Gasteiger partial charge is 0.410 e. The molecule has 0 aromatic heterocycles. The molecule has 0 bridgehead atoms. The van der Waals surface area contributed by atoms with Gasteiger partial charge >= 0.3 is 6.09 Å². The van der Waals surface area contributed by atoms with Gasteiger partial charge in [-0.15, -0.1) is 0 Å². The van der Waals surface area contributed by atoms with Crippen molar-refractivity contribution < 1.29 is 9.53 Å². The van der Waals surface area contributed by atoms with Crippen LogP contribution >= 0.6 is 11.8 Å². The molecule has 2 rings (SSSR count). The van der Waals surface area contributed by atoms with Crippen LogP contribution < -0.4 is 5.32 Å². The van der Waals surface area contributed by atoms with E-state index in [-0.39, 0.29) is 6.09 Å². The number of likely N-dealkylation sites (tertiary alicyclic amines) is 1. The van der Waals surface area contributed by atoms with Gasteiger partial charge in [0.25, 0.3) is 0 Å². The van der Waals surface area contributed by atoms with Crippen molar-refractivity contribution in [2.75, 3.05) is 50.8 Å². The minimum absolute atomic E-state index is 0.170. The van der Waals surface area contributed by atoms with Gasteiger partial charge in [0.1, 0.15) is 5.60 Å². The maximum Gasteiger partial charge on any atom is 0.410 e. The van der Waals surface area contributed by atoms with Gasteiger partial charge in [0.15, 0.2) is 0 Å². The van der Waals surface area contributed by atoms with Crippen LogP contribution in [0.15, 0.2) is 0 Å². The average Bonchev–Trinajstić information content (AvgIpc) is 2.47. The molecule has 2 saturated heterocycles. The molecule has 22 heavy (non-hydrogen) atoms. The topological polar surface area (TPSA) is 44.8 Å². The molecule has 0 radical (unpaired) electrons. The van der Waals surface area contributed by atoms with Crippen LogP contribution in [0.3, 0.4) is 0 Å². The van der Waals surface area contributed by atoms with Gasteiger partial charge in [-0.25, -0.2) is 4.79 Å². The number of thioether (sulfide) groups is 1. The third kappa shape index (κ3) is 6.34. The first kappa shape index (κ1) is 17.9. The number of rotatable bonds is 4. The van der Waals surface area contributed by atoms with Crippen LogP contribution in [-0.4, -0.2) is 78.3 Å². The maximum absolute atomic E-state index is 12.0. The largest absolute Gasteiger partial charge is 0.444 e. The minimum Gasteiger partial charge on any atom is -0.444 e. The summed E-state index contributed by atoms with van der Waals surface area (Å²) in [6, 6.07) is 0.540. The van der Waals surface area contributed by atoms with Crippen molar-refractivity contribution in [1.29, 1.82) is 0 Å². The molecule has 6 heteroatoms. The van der Waals surface area contributed by atoms with Gasteiger partial charge in [-0.2, -0.15) is 11.8 Å². The third-order valence-electron chi connectivity index (χ3n) is 4.11. The fourth-order valence-electron chi connectivity index (χ4n) is 2.84. The lowest BCUT2D eigenvalue weighted by Gasteiger charge is -2.34. The molecule has 0 saturated carbocycles. The highest BCUT2D eigenvalue weighted by Crippen LogP contribution is 2.15. The lowest BCUT2D eigenvalue weighted by Crippen LogP contribution is -2.48. The fraction of sp³-hybridized carbons (Fsp3) is 0.938. The average molecular weight is 330 g/mol. The Kier molecular flexibility index (Phi) is 6.84. The van der Waals surface area contributed by atoms with E-state index in [2.05, 4.69) is 22.0 Å². The van der Waals surface area contributed by atoms with E-state index >= 15 is 0 Å². The van der Waals surface area contributed by atoms with Crippen molar-refractivity contribution in [3.8, 4) is 0 Å². The number of hydrogen-bond acceptors (Lipinski definition) is 5. The summed E-state index contributed by atoms with van der Waals surface area (Å²) in [5.74, 6) is 2.54. The molecule has 0 aliphatic carbocycles. The Morgan fingerprint density at radius 2 is 1.82 bits per heavy atom. The second-order valence-electron chi connectivity index (χ2n) is 7.15. The molecule has 1 amide bonds. The van der Waals surface area contributed by atoms with Crippen LogP contribution in [0.25, 0.3) is 0 Å². The summed E-state index contributed by atoms with van der Waals surface area (Å²) in [5, 5.41) is 3.65. The number of nitrogens with zero attached hydrogens (tertiary/aromatic N) is 2. The highest BCUT2D eigenvalue weighted by Gasteiger charge is 2.26. The summed E-state index contributed by atoms with van der Waals surface area (Å²) >= 11 is 2.06. The van der Waals surface area contributed by atoms with E-state index in [4.69, 9.17) is 4.74 Å². The highest BCUT2D eigenvalue weighted by molar-refractivity contribution is 7.99. The van der Waals surface area contributed by atoms with E-state index < -0.39 is 5.60 Å². The standard InChI is InChI=1S/C16H31N3O2S/c1-16(2,3)21-15(20)19-7-4-14(5-8-19)17-6-9-18-10-12-22-13-11-18/h14,17H,4-13H2,1-3H3. The SMILES string of the molecule is CC(C)(C)OC(=O)N1CCC(NCCN2CCSCC2)CC1. The van der Waals surface area contributed by atoms with Crippen LogP contribution in [0.1, 0.15) is 33.6 Å². The number of carbonyl (C=O) groups is 1. The summed E-state index contributed by atoms with van der Waals surface area (Å²) < 4.78 is 5.43. The first-order valence-corrected chi connectivity index (χ1v) is 9.61. The summed E-state index contributed by atoms with van der Waals surface area (Å²) in [7, 11) is 0. The molecular weight excluding hydrogens is 298 g/mol. The monoisotopic (exact) mass is 329 g/mol. The van der Waals surface area contributed by atoms with Gasteiger partial charge in [-0.1, -0.05) is 0 Å². The Morgan fingerprint density at radius 3 is 2.41 bits per heavy atom. The van der Waals surface area contributed by atoms with E-state index in [0.29, 0.717) is 6.04 Å². The van der Waals surface area contributed by atoms with Gasteiger partial charge in [0, 0.05) is 56.8 Å². The molecule has 0 spiro atoms. The Bertz CT molecular complexity index is 346. The van der Waals surface area contributed by atoms with Crippen LogP contribution in [0, 0.1) is 0 Å². The van der Waals surface area contributed by atoms with Gasteiger partial charge in [-0.3, -0.25) is 0 Å². The van der Waals surface area contributed by atoms with E-state index in [1.54, 1.807) is 0 Å². The number of piperidine rings is 1. The van der Waals surface area contributed by atoms with Gasteiger partial charge in [-0.05, 0) is 33.6 Å². The second-order valence-corrected chi connectivity index (χ2v) is 8.37. The van der Waals surface area contributed by atoms with E-state index in [9.17, 15) is 4.79 Å². The Morgan fingerprint density at radius 1 is 1.18 bits per heavy atom. The van der Waals surface area contributed by atoms with Crippen molar-refractivity contribution >= 4 is 17.9 Å². The molecule has 2 aliphatic rings. The van der Waals surface area contributed by atoms with Crippen LogP contribution in [0.4, 0.5) is 4.79 Å². The molecule has 0 aromatic rings. The number of carbonyl (C=O) groups excluding carboxylic acids is 1. The molecule has 128 valence electrons. The molecule has 1 N–H and O–H groups in total.